The summed E-state index contributed by atoms with van der Waals surface area (Å²) in [5.41, 5.74) is 6.03. The molecule has 2 amide bonds. The second-order valence-electron chi connectivity index (χ2n) is 5.54. The number of carbonyl (C=O) groups excluding carboxylic acids is 2. The molecular formula is C17H16N2O4S. The van der Waals surface area contributed by atoms with Crippen LogP contribution in [0, 0.1) is 0 Å². The first-order valence-corrected chi connectivity index (χ1v) is 8.48. The molecule has 2 aromatic carbocycles. The summed E-state index contributed by atoms with van der Waals surface area (Å²) < 4.78 is 0. The van der Waals surface area contributed by atoms with Gasteiger partial charge in [0.1, 0.15) is 6.04 Å². The molecule has 0 aliphatic carbocycles. The highest BCUT2D eigenvalue weighted by Crippen LogP contribution is 2.34. The van der Waals surface area contributed by atoms with Crippen LogP contribution in [0.25, 0.3) is 10.8 Å². The van der Waals surface area contributed by atoms with Gasteiger partial charge in [-0.15, -0.1) is 11.8 Å². The van der Waals surface area contributed by atoms with Crippen molar-refractivity contribution < 1.29 is 19.5 Å². The van der Waals surface area contributed by atoms with Crippen molar-refractivity contribution in [2.75, 3.05) is 10.7 Å². The summed E-state index contributed by atoms with van der Waals surface area (Å²) in [5.74, 6) is -1.63. The van der Waals surface area contributed by atoms with Gasteiger partial charge in [0.15, 0.2) is 0 Å². The molecule has 24 heavy (non-hydrogen) atoms. The average molecular weight is 344 g/mol. The molecule has 3 N–H and O–H groups in total. The van der Waals surface area contributed by atoms with E-state index in [-0.39, 0.29) is 24.0 Å². The Balaban J connectivity index is 1.85. The molecule has 2 aromatic rings. The van der Waals surface area contributed by atoms with Crippen LogP contribution < -0.4 is 10.6 Å². The number of nitrogens with two attached hydrogens (primary N) is 1. The van der Waals surface area contributed by atoms with Gasteiger partial charge >= 0.3 is 5.97 Å². The lowest BCUT2D eigenvalue weighted by atomic mass is 10.1. The summed E-state index contributed by atoms with van der Waals surface area (Å²) in [6, 6.07) is 12.0. The fraction of sp³-hybridized carbons (Fsp3) is 0.235. The SMILES string of the molecule is N[C@@H](CS[C@@H]1CC(=O)N(c2cccc3ccccc23)C1=O)C(=O)O. The zero-order valence-corrected chi connectivity index (χ0v) is 13.5. The van der Waals surface area contributed by atoms with E-state index >= 15 is 0 Å². The Bertz CT molecular complexity index is 818. The number of hydrogen-bond donors (Lipinski definition) is 2. The highest BCUT2D eigenvalue weighted by atomic mass is 32.2. The molecule has 124 valence electrons. The van der Waals surface area contributed by atoms with Crippen LogP contribution in [0.5, 0.6) is 0 Å². The molecule has 1 aliphatic rings. The van der Waals surface area contributed by atoms with Crippen LogP contribution in [0.15, 0.2) is 42.5 Å². The lowest BCUT2D eigenvalue weighted by Crippen LogP contribution is -2.35. The number of carbonyl (C=O) groups is 3. The van der Waals surface area contributed by atoms with Crippen LogP contribution in [-0.4, -0.2) is 39.9 Å². The number of carboxylic acids is 1. The largest absolute Gasteiger partial charge is 0.480 e. The molecule has 0 radical (unpaired) electrons. The Kier molecular flexibility index (Phi) is 4.55. The molecule has 1 saturated heterocycles. The van der Waals surface area contributed by atoms with Crippen LogP contribution in [-0.2, 0) is 14.4 Å². The van der Waals surface area contributed by atoms with E-state index in [0.29, 0.717) is 5.69 Å². The number of nitrogens with zero attached hydrogens (tertiary/aromatic N) is 1. The fourth-order valence-corrected chi connectivity index (χ4v) is 3.77. The van der Waals surface area contributed by atoms with Gasteiger partial charge in [-0.2, -0.15) is 0 Å². The Hall–Kier alpha value is -2.38. The predicted octanol–water partition coefficient (Wildman–Crippen LogP) is 1.62. The van der Waals surface area contributed by atoms with Gasteiger partial charge in [-0.05, 0) is 11.5 Å². The number of thioether (sulfide) groups is 1. The first-order valence-electron chi connectivity index (χ1n) is 7.43. The first kappa shape index (κ1) is 16.5. The van der Waals surface area contributed by atoms with Crippen molar-refractivity contribution >= 4 is 46.0 Å². The number of fused-ring (bicyclic) bond motifs is 1. The fourth-order valence-electron chi connectivity index (χ4n) is 2.68. The van der Waals surface area contributed by atoms with E-state index in [2.05, 4.69) is 0 Å². The highest BCUT2D eigenvalue weighted by molar-refractivity contribution is 8.00. The number of hydrogen-bond acceptors (Lipinski definition) is 5. The van der Waals surface area contributed by atoms with Gasteiger partial charge in [0.25, 0.3) is 0 Å². The van der Waals surface area contributed by atoms with Gasteiger partial charge in [0.2, 0.25) is 11.8 Å². The molecular weight excluding hydrogens is 328 g/mol. The van der Waals surface area contributed by atoms with Crippen molar-refractivity contribution in [2.24, 2.45) is 5.73 Å². The van der Waals surface area contributed by atoms with E-state index in [9.17, 15) is 14.4 Å². The van der Waals surface area contributed by atoms with Gasteiger partial charge in [0, 0.05) is 17.6 Å². The minimum atomic E-state index is -1.12. The maximum atomic E-state index is 12.6. The lowest BCUT2D eigenvalue weighted by Gasteiger charge is -2.17. The Morgan fingerprint density at radius 1 is 1.25 bits per heavy atom. The van der Waals surface area contributed by atoms with Crippen molar-refractivity contribution in [3.63, 3.8) is 0 Å². The monoisotopic (exact) mass is 344 g/mol. The highest BCUT2D eigenvalue weighted by Gasteiger charge is 2.40. The molecule has 1 aliphatic heterocycles. The quantitative estimate of drug-likeness (QED) is 0.799. The minimum Gasteiger partial charge on any atom is -0.480 e. The van der Waals surface area contributed by atoms with Crippen LogP contribution in [0.1, 0.15) is 6.42 Å². The molecule has 2 atom stereocenters. The van der Waals surface area contributed by atoms with Gasteiger partial charge in [0.05, 0.1) is 10.9 Å². The average Bonchev–Trinajstić information content (AvgIpc) is 2.86. The molecule has 3 rings (SSSR count). The molecule has 0 saturated carbocycles. The third-order valence-corrected chi connectivity index (χ3v) is 5.23. The summed E-state index contributed by atoms with van der Waals surface area (Å²) in [5, 5.41) is 10.00. The van der Waals surface area contributed by atoms with E-state index in [1.54, 1.807) is 12.1 Å². The van der Waals surface area contributed by atoms with E-state index < -0.39 is 17.3 Å². The van der Waals surface area contributed by atoms with Crippen molar-refractivity contribution in [1.82, 2.24) is 0 Å². The molecule has 6 nitrogen and oxygen atoms in total. The summed E-state index contributed by atoms with van der Waals surface area (Å²) in [7, 11) is 0. The van der Waals surface area contributed by atoms with Crippen LogP contribution in [0.4, 0.5) is 5.69 Å². The number of benzene rings is 2. The first-order chi connectivity index (χ1) is 11.5. The Morgan fingerprint density at radius 3 is 2.71 bits per heavy atom. The Morgan fingerprint density at radius 2 is 1.96 bits per heavy atom. The summed E-state index contributed by atoms with van der Waals surface area (Å²) >= 11 is 1.12. The molecule has 0 aromatic heterocycles. The maximum absolute atomic E-state index is 12.6. The second kappa shape index (κ2) is 6.62. The van der Waals surface area contributed by atoms with Crippen LogP contribution in [0.2, 0.25) is 0 Å². The van der Waals surface area contributed by atoms with Crippen molar-refractivity contribution in [3.8, 4) is 0 Å². The van der Waals surface area contributed by atoms with Gasteiger partial charge in [-0.25, -0.2) is 4.90 Å². The molecule has 1 fully saturated rings. The third kappa shape index (κ3) is 3.00. The predicted molar refractivity (Wildman–Crippen MR) is 92.9 cm³/mol. The zero-order valence-electron chi connectivity index (χ0n) is 12.7. The standard InChI is InChI=1S/C17H16N2O4S/c18-12(17(22)23)9-24-14-8-15(20)19(16(14)21)13-7-3-5-10-4-1-2-6-11(10)13/h1-7,12,14H,8-9,18H2,(H,22,23)/t12-,14+/m0/s1. The van der Waals surface area contributed by atoms with Crippen molar-refractivity contribution in [1.29, 1.82) is 0 Å². The number of amides is 2. The molecule has 1 heterocycles. The van der Waals surface area contributed by atoms with Crippen LogP contribution in [0.3, 0.4) is 0 Å². The summed E-state index contributed by atoms with van der Waals surface area (Å²) in [4.78, 5) is 37.0. The van der Waals surface area contributed by atoms with E-state index in [1.807, 2.05) is 30.3 Å². The number of aliphatic carboxylic acids is 1. The molecule has 7 heteroatoms. The minimum absolute atomic E-state index is 0.0546. The topological polar surface area (TPSA) is 101 Å². The van der Waals surface area contributed by atoms with Gasteiger partial charge in [-0.1, -0.05) is 36.4 Å². The van der Waals surface area contributed by atoms with Crippen LogP contribution >= 0.6 is 11.8 Å². The van der Waals surface area contributed by atoms with Gasteiger partial charge < -0.3 is 10.8 Å². The number of rotatable bonds is 5. The van der Waals surface area contributed by atoms with E-state index in [0.717, 1.165) is 22.5 Å². The third-order valence-electron chi connectivity index (χ3n) is 3.91. The molecule has 0 spiro atoms. The Labute approximate surface area is 142 Å². The summed E-state index contributed by atoms with van der Waals surface area (Å²) in [6.07, 6.45) is 0.0546. The van der Waals surface area contributed by atoms with Gasteiger partial charge in [-0.3, -0.25) is 14.4 Å². The normalized spacial score (nSPS) is 19.0. The number of anilines is 1. The lowest BCUT2D eigenvalue weighted by molar-refractivity contribution is -0.138. The van der Waals surface area contributed by atoms with Crippen molar-refractivity contribution in [3.05, 3.63) is 42.5 Å². The van der Waals surface area contributed by atoms with E-state index in [1.165, 1.54) is 4.90 Å². The number of carboxylic acid groups (broad SMARTS) is 1. The smallest absolute Gasteiger partial charge is 0.321 e. The molecule has 0 bridgehead atoms. The second-order valence-corrected chi connectivity index (χ2v) is 6.77. The maximum Gasteiger partial charge on any atom is 0.321 e. The number of imide groups is 1. The molecule has 0 unspecified atom stereocenters. The van der Waals surface area contributed by atoms with Crippen molar-refractivity contribution in [2.45, 2.75) is 17.7 Å². The van der Waals surface area contributed by atoms with E-state index in [4.69, 9.17) is 10.8 Å². The summed E-state index contributed by atoms with van der Waals surface area (Å²) in [6.45, 7) is 0. The zero-order chi connectivity index (χ0) is 17.3.